The maximum absolute atomic E-state index is 12.8. The molecule has 1 amide bonds. The summed E-state index contributed by atoms with van der Waals surface area (Å²) in [4.78, 5) is 18.0. The zero-order chi connectivity index (χ0) is 21.3. The van der Waals surface area contributed by atoms with E-state index in [0.29, 0.717) is 23.5 Å². The molecule has 2 aromatic carbocycles. The van der Waals surface area contributed by atoms with E-state index in [2.05, 4.69) is 34.7 Å². The monoisotopic (exact) mass is 443 g/mol. The molecule has 1 aliphatic heterocycles. The van der Waals surface area contributed by atoms with Crippen molar-refractivity contribution in [2.75, 3.05) is 13.1 Å². The Morgan fingerprint density at radius 2 is 1.80 bits per heavy atom. The molecule has 0 unspecified atom stereocenters. The van der Waals surface area contributed by atoms with Gasteiger partial charge in [0.25, 0.3) is 5.91 Å². The average Bonchev–Trinajstić information content (AvgIpc) is 3.38. The second kappa shape index (κ2) is 8.45. The normalized spacial score (nSPS) is 15.9. The number of carbonyl (C=O) groups excluding carboxylic acids is 1. The summed E-state index contributed by atoms with van der Waals surface area (Å²) >= 11 is 1.50. The first kappa shape index (κ1) is 21.0. The van der Waals surface area contributed by atoms with Gasteiger partial charge < -0.3 is 4.57 Å². The summed E-state index contributed by atoms with van der Waals surface area (Å²) in [6.07, 6.45) is 2.71. The Morgan fingerprint density at radius 1 is 1.10 bits per heavy atom. The Morgan fingerprint density at radius 3 is 2.47 bits per heavy atom. The highest BCUT2D eigenvalue weighted by Gasteiger charge is 2.27. The highest BCUT2D eigenvalue weighted by Crippen LogP contribution is 2.22. The van der Waals surface area contributed by atoms with Crippen molar-refractivity contribution in [3.63, 3.8) is 0 Å². The number of fused-ring (bicyclic) bond motifs is 1. The molecule has 2 heterocycles. The van der Waals surface area contributed by atoms with Crippen LogP contribution in [0.5, 0.6) is 0 Å². The number of hydrogen-bond acceptors (Lipinski definition) is 4. The van der Waals surface area contributed by atoms with Gasteiger partial charge in [0.2, 0.25) is 10.0 Å². The predicted octanol–water partition coefficient (Wildman–Crippen LogP) is 3.95. The Kier molecular flexibility index (Phi) is 5.90. The van der Waals surface area contributed by atoms with Gasteiger partial charge in [-0.05, 0) is 68.1 Å². The molecular weight excluding hydrogens is 418 g/mol. The fourth-order valence-electron chi connectivity index (χ4n) is 3.70. The van der Waals surface area contributed by atoms with Crippen molar-refractivity contribution in [3.05, 3.63) is 58.4 Å². The summed E-state index contributed by atoms with van der Waals surface area (Å²) in [6, 6.07) is 12.3. The quantitative estimate of drug-likeness (QED) is 0.599. The molecule has 3 aromatic rings. The van der Waals surface area contributed by atoms with Gasteiger partial charge in [0, 0.05) is 25.2 Å². The van der Waals surface area contributed by atoms with Crippen molar-refractivity contribution in [3.8, 4) is 0 Å². The fourth-order valence-corrected chi connectivity index (χ4v) is 6.37. The van der Waals surface area contributed by atoms with Crippen molar-refractivity contribution in [1.29, 1.82) is 0 Å². The van der Waals surface area contributed by atoms with E-state index in [-0.39, 0.29) is 10.8 Å². The molecule has 8 heteroatoms. The number of sulfonamides is 1. The third kappa shape index (κ3) is 3.99. The van der Waals surface area contributed by atoms with Crippen molar-refractivity contribution >= 4 is 37.5 Å². The number of nitrogens with zero attached hydrogens (tertiary/aromatic N) is 3. The topological polar surface area (TPSA) is 71.7 Å². The van der Waals surface area contributed by atoms with Gasteiger partial charge in [-0.1, -0.05) is 24.3 Å². The van der Waals surface area contributed by atoms with Crippen molar-refractivity contribution in [1.82, 2.24) is 8.87 Å². The molecule has 0 spiro atoms. The van der Waals surface area contributed by atoms with E-state index in [1.165, 1.54) is 33.3 Å². The summed E-state index contributed by atoms with van der Waals surface area (Å²) in [6.45, 7) is 6.03. The fraction of sp³-hybridized carbons (Fsp3) is 0.364. The molecule has 0 saturated carbocycles. The zero-order valence-electron chi connectivity index (χ0n) is 17.2. The first-order valence-electron chi connectivity index (χ1n) is 10.2. The first-order valence-corrected chi connectivity index (χ1v) is 12.4. The molecular formula is C22H25N3O3S2. The van der Waals surface area contributed by atoms with Crippen LogP contribution in [0.4, 0.5) is 0 Å². The molecule has 4 rings (SSSR count). The van der Waals surface area contributed by atoms with Crippen molar-refractivity contribution in [2.24, 2.45) is 4.99 Å². The maximum atomic E-state index is 12.8. The summed E-state index contributed by atoms with van der Waals surface area (Å²) in [7, 11) is -3.49. The van der Waals surface area contributed by atoms with Gasteiger partial charge in [-0.25, -0.2) is 8.42 Å². The van der Waals surface area contributed by atoms with Crippen LogP contribution in [0.3, 0.4) is 0 Å². The minimum atomic E-state index is -3.49. The standard InChI is InChI=1S/C22H25N3O3S2/c1-3-12-25-19-11-6-16(2)15-20(19)29-22(25)23-21(26)17-7-9-18(10-8-17)30(27,28)24-13-4-5-14-24/h6-11,15H,3-5,12-14H2,1-2H3. The van der Waals surface area contributed by atoms with E-state index in [1.54, 1.807) is 12.1 Å². The number of amides is 1. The van der Waals surface area contributed by atoms with E-state index in [0.717, 1.165) is 36.0 Å². The van der Waals surface area contributed by atoms with Crippen molar-refractivity contribution < 1.29 is 13.2 Å². The SMILES string of the molecule is CCCn1c(=NC(=O)c2ccc(S(=O)(=O)N3CCCC3)cc2)sc2cc(C)ccc21. The van der Waals surface area contributed by atoms with Crippen LogP contribution in [-0.2, 0) is 16.6 Å². The van der Waals surface area contributed by atoms with Gasteiger partial charge >= 0.3 is 0 Å². The lowest BCUT2D eigenvalue weighted by molar-refractivity contribution is 0.0997. The lowest BCUT2D eigenvalue weighted by Gasteiger charge is -2.15. The van der Waals surface area contributed by atoms with E-state index < -0.39 is 10.0 Å². The molecule has 6 nitrogen and oxygen atoms in total. The van der Waals surface area contributed by atoms with Crippen LogP contribution in [0.1, 0.15) is 42.1 Å². The minimum absolute atomic E-state index is 0.222. The van der Waals surface area contributed by atoms with Crippen LogP contribution in [0.15, 0.2) is 52.4 Å². The second-order valence-corrected chi connectivity index (χ2v) is 10.5. The van der Waals surface area contributed by atoms with Crippen LogP contribution >= 0.6 is 11.3 Å². The van der Waals surface area contributed by atoms with E-state index >= 15 is 0 Å². The lowest BCUT2D eigenvalue weighted by atomic mass is 10.2. The van der Waals surface area contributed by atoms with Gasteiger partial charge in [-0.3, -0.25) is 4.79 Å². The molecule has 1 aromatic heterocycles. The number of aryl methyl sites for hydroxylation is 2. The van der Waals surface area contributed by atoms with E-state index in [4.69, 9.17) is 0 Å². The summed E-state index contributed by atoms with van der Waals surface area (Å²) in [5.41, 5.74) is 2.62. The molecule has 1 saturated heterocycles. The summed E-state index contributed by atoms with van der Waals surface area (Å²) < 4.78 is 30.0. The molecule has 0 N–H and O–H groups in total. The van der Waals surface area contributed by atoms with Crippen LogP contribution in [0.2, 0.25) is 0 Å². The highest BCUT2D eigenvalue weighted by atomic mass is 32.2. The third-order valence-corrected chi connectivity index (χ3v) is 8.24. The summed E-state index contributed by atoms with van der Waals surface area (Å²) in [5, 5.41) is 0. The minimum Gasteiger partial charge on any atom is -0.316 e. The first-order chi connectivity index (χ1) is 14.4. The lowest BCUT2D eigenvalue weighted by Crippen LogP contribution is -2.27. The Hall–Kier alpha value is -2.29. The van der Waals surface area contributed by atoms with Crippen LogP contribution < -0.4 is 4.80 Å². The highest BCUT2D eigenvalue weighted by molar-refractivity contribution is 7.89. The molecule has 0 bridgehead atoms. The maximum Gasteiger partial charge on any atom is 0.279 e. The van der Waals surface area contributed by atoms with Crippen LogP contribution in [-0.4, -0.2) is 36.3 Å². The number of thiazole rings is 1. The number of benzene rings is 2. The number of rotatable bonds is 5. The van der Waals surface area contributed by atoms with Crippen LogP contribution in [0, 0.1) is 6.92 Å². The van der Waals surface area contributed by atoms with Crippen LogP contribution in [0.25, 0.3) is 10.2 Å². The van der Waals surface area contributed by atoms with E-state index in [9.17, 15) is 13.2 Å². The Bertz CT molecular complexity index is 1250. The van der Waals surface area contributed by atoms with Gasteiger partial charge in [-0.2, -0.15) is 9.30 Å². The molecule has 30 heavy (non-hydrogen) atoms. The Labute approximate surface area is 180 Å². The smallest absolute Gasteiger partial charge is 0.279 e. The average molecular weight is 444 g/mol. The number of carbonyl (C=O) groups is 1. The predicted molar refractivity (Wildman–Crippen MR) is 119 cm³/mol. The van der Waals surface area contributed by atoms with Gasteiger partial charge in [0.15, 0.2) is 4.80 Å². The van der Waals surface area contributed by atoms with Crippen molar-refractivity contribution in [2.45, 2.75) is 44.6 Å². The van der Waals surface area contributed by atoms with E-state index in [1.807, 2.05) is 6.92 Å². The van der Waals surface area contributed by atoms with Gasteiger partial charge in [0.05, 0.1) is 15.1 Å². The molecule has 1 fully saturated rings. The number of aromatic nitrogens is 1. The Balaban J connectivity index is 1.67. The molecule has 158 valence electrons. The molecule has 1 aliphatic rings. The largest absolute Gasteiger partial charge is 0.316 e. The zero-order valence-corrected chi connectivity index (χ0v) is 18.8. The van der Waals surface area contributed by atoms with Gasteiger partial charge in [-0.15, -0.1) is 0 Å². The third-order valence-electron chi connectivity index (χ3n) is 5.29. The van der Waals surface area contributed by atoms with Gasteiger partial charge in [0.1, 0.15) is 0 Å². The summed E-state index contributed by atoms with van der Waals surface area (Å²) in [5.74, 6) is -0.367. The number of hydrogen-bond donors (Lipinski definition) is 0. The second-order valence-electron chi connectivity index (χ2n) is 7.56. The molecule has 0 radical (unpaired) electrons. The molecule has 0 aliphatic carbocycles. The molecule has 0 atom stereocenters.